The number of ether oxygens (including phenoxy) is 2. The summed E-state index contributed by atoms with van der Waals surface area (Å²) in [5.74, 6) is -1.92. The molecule has 0 aliphatic heterocycles. The molecule has 0 bridgehead atoms. The van der Waals surface area contributed by atoms with E-state index in [0.717, 1.165) is 0 Å². The van der Waals surface area contributed by atoms with Gasteiger partial charge < -0.3 is 20.1 Å². The fourth-order valence-electron chi connectivity index (χ4n) is 2.01. The van der Waals surface area contributed by atoms with E-state index in [4.69, 9.17) is 9.47 Å². The summed E-state index contributed by atoms with van der Waals surface area (Å²) in [6.45, 7) is -0.929. The number of hydrogen-bond acceptors (Lipinski definition) is 5. The topological polar surface area (TPSA) is 93.7 Å². The van der Waals surface area contributed by atoms with Gasteiger partial charge in [0.2, 0.25) is 0 Å². The third-order valence-corrected chi connectivity index (χ3v) is 3.24. The zero-order valence-corrected chi connectivity index (χ0v) is 14.0. The molecule has 8 heteroatoms. The minimum atomic E-state index is -0.775. The first-order valence-electron chi connectivity index (χ1n) is 7.62. The number of carbonyl (C=O) groups is 3. The van der Waals surface area contributed by atoms with E-state index in [-0.39, 0.29) is 5.56 Å². The van der Waals surface area contributed by atoms with Gasteiger partial charge in [0.05, 0.1) is 12.7 Å². The van der Waals surface area contributed by atoms with Gasteiger partial charge in [-0.3, -0.25) is 14.4 Å². The lowest BCUT2D eigenvalue weighted by Gasteiger charge is -2.09. The summed E-state index contributed by atoms with van der Waals surface area (Å²) < 4.78 is 22.6. The summed E-state index contributed by atoms with van der Waals surface area (Å²) >= 11 is 0. The maximum Gasteiger partial charge on any atom is 0.325 e. The molecule has 2 aromatic rings. The van der Waals surface area contributed by atoms with Crippen LogP contribution in [0.2, 0.25) is 0 Å². The Kier molecular flexibility index (Phi) is 6.67. The Balaban J connectivity index is 1.75. The first kappa shape index (κ1) is 18.9. The predicted octanol–water partition coefficient (Wildman–Crippen LogP) is 1.75. The number of anilines is 1. The van der Waals surface area contributed by atoms with Crippen LogP contribution in [-0.4, -0.2) is 38.0 Å². The summed E-state index contributed by atoms with van der Waals surface area (Å²) in [6, 6.07) is 11.7. The van der Waals surface area contributed by atoms with Gasteiger partial charge in [-0.15, -0.1) is 0 Å². The fourth-order valence-corrected chi connectivity index (χ4v) is 2.01. The molecule has 2 rings (SSSR count). The molecule has 0 aliphatic carbocycles. The van der Waals surface area contributed by atoms with Gasteiger partial charge in [0, 0.05) is 5.69 Å². The second-order valence-electron chi connectivity index (χ2n) is 5.10. The van der Waals surface area contributed by atoms with Crippen molar-refractivity contribution < 1.29 is 28.2 Å². The van der Waals surface area contributed by atoms with Gasteiger partial charge in [-0.1, -0.05) is 12.1 Å². The van der Waals surface area contributed by atoms with Crippen molar-refractivity contribution in [1.29, 1.82) is 0 Å². The van der Waals surface area contributed by atoms with Crippen LogP contribution >= 0.6 is 0 Å². The van der Waals surface area contributed by atoms with Crippen LogP contribution in [0.1, 0.15) is 10.4 Å². The Morgan fingerprint density at radius 1 is 1.04 bits per heavy atom. The highest BCUT2D eigenvalue weighted by molar-refractivity contribution is 5.98. The third kappa shape index (κ3) is 5.59. The summed E-state index contributed by atoms with van der Waals surface area (Å²) in [4.78, 5) is 35.3. The predicted molar refractivity (Wildman–Crippen MR) is 91.3 cm³/mol. The summed E-state index contributed by atoms with van der Waals surface area (Å²) in [6.07, 6.45) is 0. The fraction of sp³-hybridized carbons (Fsp3) is 0.167. The number of nitrogens with one attached hydrogen (secondary N) is 2. The van der Waals surface area contributed by atoms with E-state index in [1.54, 1.807) is 24.3 Å². The molecule has 0 atom stereocenters. The Morgan fingerprint density at radius 2 is 1.73 bits per heavy atom. The summed E-state index contributed by atoms with van der Waals surface area (Å²) in [7, 11) is 1.43. The number of halogens is 1. The second-order valence-corrected chi connectivity index (χ2v) is 5.10. The van der Waals surface area contributed by atoms with Gasteiger partial charge in [-0.25, -0.2) is 4.39 Å². The van der Waals surface area contributed by atoms with E-state index in [2.05, 4.69) is 10.6 Å². The monoisotopic (exact) mass is 360 g/mol. The van der Waals surface area contributed by atoms with Crippen molar-refractivity contribution in [2.24, 2.45) is 0 Å². The Labute approximate surface area is 149 Å². The van der Waals surface area contributed by atoms with Crippen LogP contribution in [0.4, 0.5) is 10.1 Å². The van der Waals surface area contributed by atoms with E-state index in [0.29, 0.717) is 11.4 Å². The highest BCUT2D eigenvalue weighted by Gasteiger charge is 2.14. The molecular formula is C18H17FN2O5. The average molecular weight is 360 g/mol. The summed E-state index contributed by atoms with van der Waals surface area (Å²) in [5, 5.41) is 4.83. The second kappa shape index (κ2) is 9.16. The van der Waals surface area contributed by atoms with Gasteiger partial charge in [0.1, 0.15) is 18.1 Å². The van der Waals surface area contributed by atoms with Crippen molar-refractivity contribution in [2.75, 3.05) is 25.6 Å². The van der Waals surface area contributed by atoms with Gasteiger partial charge in [-0.05, 0) is 36.4 Å². The zero-order valence-electron chi connectivity index (χ0n) is 14.0. The van der Waals surface area contributed by atoms with E-state index in [1.807, 2.05) is 0 Å². The first-order valence-corrected chi connectivity index (χ1v) is 7.62. The van der Waals surface area contributed by atoms with Gasteiger partial charge in [-0.2, -0.15) is 0 Å². The number of benzene rings is 2. The maximum absolute atomic E-state index is 12.8. The standard InChI is InChI=1S/C18H17FN2O5/c1-25-15-5-3-2-4-14(15)18(24)20-10-17(23)26-11-16(22)21-13-8-6-12(19)7-9-13/h2-9H,10-11H2,1H3,(H,20,24)(H,21,22). The molecule has 136 valence electrons. The molecule has 2 amide bonds. The molecule has 0 unspecified atom stereocenters. The van der Waals surface area contributed by atoms with Crippen LogP contribution in [0.3, 0.4) is 0 Å². The molecule has 0 aliphatic rings. The molecular weight excluding hydrogens is 343 g/mol. The Morgan fingerprint density at radius 3 is 2.42 bits per heavy atom. The molecule has 0 heterocycles. The Bertz CT molecular complexity index is 792. The van der Waals surface area contributed by atoms with Crippen molar-refractivity contribution in [3.8, 4) is 5.75 Å². The first-order chi connectivity index (χ1) is 12.5. The van der Waals surface area contributed by atoms with Crippen LogP contribution in [0.25, 0.3) is 0 Å². The smallest absolute Gasteiger partial charge is 0.325 e. The van der Waals surface area contributed by atoms with Crippen molar-refractivity contribution >= 4 is 23.5 Å². The van der Waals surface area contributed by atoms with Gasteiger partial charge >= 0.3 is 5.97 Å². The number of methoxy groups -OCH3 is 1. The highest BCUT2D eigenvalue weighted by Crippen LogP contribution is 2.16. The quantitative estimate of drug-likeness (QED) is 0.734. The van der Waals surface area contributed by atoms with Crippen molar-refractivity contribution in [3.05, 3.63) is 59.9 Å². The van der Waals surface area contributed by atoms with Gasteiger partial charge in [0.25, 0.3) is 11.8 Å². The minimum Gasteiger partial charge on any atom is -0.496 e. The van der Waals surface area contributed by atoms with E-state index >= 15 is 0 Å². The van der Waals surface area contributed by atoms with E-state index < -0.39 is 36.8 Å². The van der Waals surface area contributed by atoms with Gasteiger partial charge in [0.15, 0.2) is 6.61 Å². The lowest BCUT2D eigenvalue weighted by molar-refractivity contribution is -0.146. The molecule has 7 nitrogen and oxygen atoms in total. The number of amides is 2. The maximum atomic E-state index is 12.8. The van der Waals surface area contributed by atoms with Crippen LogP contribution in [-0.2, 0) is 14.3 Å². The lowest BCUT2D eigenvalue weighted by Crippen LogP contribution is -2.32. The van der Waals surface area contributed by atoms with Crippen molar-refractivity contribution in [3.63, 3.8) is 0 Å². The molecule has 2 aromatic carbocycles. The average Bonchev–Trinajstić information content (AvgIpc) is 2.66. The van der Waals surface area contributed by atoms with Crippen LogP contribution in [0, 0.1) is 5.82 Å². The third-order valence-electron chi connectivity index (χ3n) is 3.24. The molecule has 0 fully saturated rings. The van der Waals surface area contributed by atoms with Crippen LogP contribution in [0.15, 0.2) is 48.5 Å². The van der Waals surface area contributed by atoms with E-state index in [1.165, 1.54) is 31.4 Å². The molecule has 0 aromatic heterocycles. The normalized spacial score (nSPS) is 9.92. The number of esters is 1. The molecule has 0 saturated carbocycles. The molecule has 26 heavy (non-hydrogen) atoms. The Hall–Kier alpha value is -3.42. The molecule has 0 spiro atoms. The minimum absolute atomic E-state index is 0.275. The molecule has 0 saturated heterocycles. The number of rotatable bonds is 7. The molecule has 2 N–H and O–H groups in total. The SMILES string of the molecule is COc1ccccc1C(=O)NCC(=O)OCC(=O)Nc1ccc(F)cc1. The molecule has 0 radical (unpaired) electrons. The van der Waals surface area contributed by atoms with Crippen molar-refractivity contribution in [2.45, 2.75) is 0 Å². The largest absolute Gasteiger partial charge is 0.496 e. The number of para-hydroxylation sites is 1. The number of carbonyl (C=O) groups excluding carboxylic acids is 3. The summed E-state index contributed by atoms with van der Waals surface area (Å²) in [5.41, 5.74) is 0.647. The number of hydrogen-bond donors (Lipinski definition) is 2. The van der Waals surface area contributed by atoms with Crippen molar-refractivity contribution in [1.82, 2.24) is 5.32 Å². The van der Waals surface area contributed by atoms with E-state index in [9.17, 15) is 18.8 Å². The van der Waals surface area contributed by atoms with Crippen LogP contribution < -0.4 is 15.4 Å². The highest BCUT2D eigenvalue weighted by atomic mass is 19.1. The lowest BCUT2D eigenvalue weighted by atomic mass is 10.2. The zero-order chi connectivity index (χ0) is 18.9. The van der Waals surface area contributed by atoms with Crippen LogP contribution in [0.5, 0.6) is 5.75 Å².